The molecule has 0 spiro atoms. The van der Waals surface area contributed by atoms with E-state index in [-0.39, 0.29) is 55.6 Å². The summed E-state index contributed by atoms with van der Waals surface area (Å²) >= 11 is 0. The molecule has 12 heteroatoms. The highest BCUT2D eigenvalue weighted by Crippen LogP contribution is 2.34. The van der Waals surface area contributed by atoms with Gasteiger partial charge in [0.15, 0.2) is 6.29 Å². The van der Waals surface area contributed by atoms with Gasteiger partial charge in [-0.2, -0.15) is 4.31 Å². The van der Waals surface area contributed by atoms with Crippen molar-refractivity contribution in [2.45, 2.75) is 61.5 Å². The summed E-state index contributed by atoms with van der Waals surface area (Å²) in [7, 11) is -2.60. The van der Waals surface area contributed by atoms with Crippen LogP contribution in [-0.4, -0.2) is 88.5 Å². The fourth-order valence-corrected chi connectivity index (χ4v) is 7.23. The predicted molar refractivity (Wildman–Crippen MR) is 157 cm³/mol. The molecule has 43 heavy (non-hydrogen) atoms. The Hall–Kier alpha value is -3.16. The first-order valence-electron chi connectivity index (χ1n) is 14.7. The Morgan fingerprint density at radius 3 is 2.79 bits per heavy atom. The molecule has 11 nitrogen and oxygen atoms in total. The van der Waals surface area contributed by atoms with Gasteiger partial charge in [0.1, 0.15) is 29.1 Å². The Kier molecular flexibility index (Phi) is 10.6. The number of nitrogens with one attached hydrogen (secondary N) is 1. The Morgan fingerprint density at radius 2 is 1.98 bits per heavy atom. The number of methoxy groups -OCH3 is 1. The molecule has 0 unspecified atom stereocenters. The number of nitrogens with zero attached hydrogens (tertiary/aromatic N) is 1. The molecule has 234 valence electrons. The number of hydrogen-bond donors (Lipinski definition) is 2. The van der Waals surface area contributed by atoms with E-state index in [1.807, 2.05) is 42.5 Å². The van der Waals surface area contributed by atoms with Crippen LogP contribution in [-0.2, 0) is 30.7 Å². The van der Waals surface area contributed by atoms with E-state index < -0.39 is 34.4 Å². The summed E-state index contributed by atoms with van der Waals surface area (Å²) < 4.78 is 57.3. The van der Waals surface area contributed by atoms with Crippen LogP contribution in [0.15, 0.2) is 65.6 Å². The summed E-state index contributed by atoms with van der Waals surface area (Å²) in [6, 6.07) is 13.1. The highest BCUT2D eigenvalue weighted by Gasteiger charge is 2.44. The molecule has 2 saturated heterocycles. The maximum Gasteiger partial charge on any atom is 0.407 e. The van der Waals surface area contributed by atoms with Crippen molar-refractivity contribution >= 4 is 16.1 Å². The maximum absolute atomic E-state index is 14.1. The molecule has 0 saturated carbocycles. The quantitative estimate of drug-likeness (QED) is 0.429. The first-order chi connectivity index (χ1) is 20.8. The van der Waals surface area contributed by atoms with E-state index >= 15 is 0 Å². The van der Waals surface area contributed by atoms with Gasteiger partial charge in [0.2, 0.25) is 10.0 Å². The lowest BCUT2D eigenvalue weighted by Crippen LogP contribution is -2.51. The number of amides is 1. The van der Waals surface area contributed by atoms with Crippen LogP contribution in [0.4, 0.5) is 4.79 Å². The van der Waals surface area contributed by atoms with Gasteiger partial charge in [0.05, 0.1) is 38.4 Å². The van der Waals surface area contributed by atoms with Gasteiger partial charge in [-0.1, -0.05) is 42.5 Å². The third-order valence-corrected chi connectivity index (χ3v) is 9.90. The maximum atomic E-state index is 14.1. The van der Waals surface area contributed by atoms with Crippen LogP contribution in [0.5, 0.6) is 11.5 Å². The highest BCUT2D eigenvalue weighted by molar-refractivity contribution is 7.89. The van der Waals surface area contributed by atoms with E-state index in [1.54, 1.807) is 12.1 Å². The van der Waals surface area contributed by atoms with Gasteiger partial charge in [-0.25, -0.2) is 13.2 Å². The molecule has 2 aromatic carbocycles. The third-order valence-electron chi connectivity index (χ3n) is 8.00. The Bertz CT molecular complexity index is 1350. The summed E-state index contributed by atoms with van der Waals surface area (Å²) in [5.74, 6) is 0.594. The number of hydrogen-bond acceptors (Lipinski definition) is 9. The van der Waals surface area contributed by atoms with Crippen molar-refractivity contribution < 1.29 is 42.0 Å². The number of ether oxygens (including phenoxy) is 5. The Balaban J connectivity index is 1.36. The molecule has 3 aliphatic rings. The third kappa shape index (κ3) is 7.87. The average Bonchev–Trinajstić information content (AvgIpc) is 3.62. The summed E-state index contributed by atoms with van der Waals surface area (Å²) in [6.45, 7) is 0.940. The van der Waals surface area contributed by atoms with Gasteiger partial charge in [-0.05, 0) is 49.8 Å². The number of β-amino-alcohol motifs (C(OH)–C–C–N with tert-alkyl or cyclic N) is 1. The molecule has 0 bridgehead atoms. The number of allylic oxidation sites excluding steroid dienone is 1. The molecule has 0 aliphatic carbocycles. The number of carbonyl (C=O) groups excluding carboxylic acids is 1. The van der Waals surface area contributed by atoms with Crippen molar-refractivity contribution in [2.75, 3.05) is 40.0 Å². The zero-order chi connectivity index (χ0) is 30.2. The highest BCUT2D eigenvalue weighted by atomic mass is 32.2. The van der Waals surface area contributed by atoms with Crippen LogP contribution >= 0.6 is 0 Å². The monoisotopic (exact) mass is 616 g/mol. The largest absolute Gasteiger partial charge is 0.497 e. The number of carbonyl (C=O) groups is 1. The molecule has 0 radical (unpaired) electrons. The van der Waals surface area contributed by atoms with Crippen molar-refractivity contribution in [3.05, 3.63) is 66.2 Å². The number of aliphatic hydroxyl groups excluding tert-OH is 1. The first kappa shape index (κ1) is 31.3. The molecule has 3 heterocycles. The fraction of sp³-hybridized carbons (Fsp3) is 0.516. The van der Waals surface area contributed by atoms with Gasteiger partial charge in [0.25, 0.3) is 0 Å². The van der Waals surface area contributed by atoms with Crippen LogP contribution < -0.4 is 14.8 Å². The molecular formula is C31H40N2O9S. The Morgan fingerprint density at radius 1 is 1.14 bits per heavy atom. The Labute approximate surface area is 252 Å². The normalized spacial score (nSPS) is 26.0. The summed E-state index contributed by atoms with van der Waals surface area (Å²) in [5, 5.41) is 14.4. The predicted octanol–water partition coefficient (Wildman–Crippen LogP) is 3.26. The van der Waals surface area contributed by atoms with Crippen LogP contribution in [0, 0.1) is 5.92 Å². The van der Waals surface area contributed by atoms with Crippen molar-refractivity contribution in [1.82, 2.24) is 9.62 Å². The van der Waals surface area contributed by atoms with Gasteiger partial charge in [-0.3, -0.25) is 0 Å². The van der Waals surface area contributed by atoms with Gasteiger partial charge in [0, 0.05) is 19.2 Å². The lowest BCUT2D eigenvalue weighted by Gasteiger charge is -2.30. The number of fused-ring (bicyclic) bond motifs is 2. The standard InChI is InChI=1S/C31H40N2O9S/c1-38-23-12-13-29-27(19-23)39-16-9-4-2-3-8-15-33(43(29,36)37)20-26(34)25(18-22-10-6-5-7-11-22)32-31(35)42-28-21-41-30-24(28)14-17-40-30/h4-7,9-13,19,24-26,28,30,34H,2-3,8,14-18,20-21H2,1H3,(H,32,35)/b9-4-/t24-,25-,26+,28-,30+/m0/s1. The lowest BCUT2D eigenvalue weighted by atomic mass is 10.0. The first-order valence-corrected chi connectivity index (χ1v) is 16.2. The van der Waals surface area contributed by atoms with E-state index in [0.29, 0.717) is 18.8 Å². The van der Waals surface area contributed by atoms with Gasteiger partial charge >= 0.3 is 6.09 Å². The van der Waals surface area contributed by atoms with E-state index in [2.05, 4.69) is 5.32 Å². The second-order valence-corrected chi connectivity index (χ2v) is 12.8. The number of sulfonamides is 1. The van der Waals surface area contributed by atoms with Crippen molar-refractivity contribution in [3.8, 4) is 11.5 Å². The topological polar surface area (TPSA) is 133 Å². The van der Waals surface area contributed by atoms with E-state index in [9.17, 15) is 18.3 Å². The van der Waals surface area contributed by atoms with Crippen LogP contribution in [0.3, 0.4) is 0 Å². The zero-order valence-corrected chi connectivity index (χ0v) is 25.1. The molecule has 2 N–H and O–H groups in total. The number of aliphatic hydroxyl groups is 1. The molecular weight excluding hydrogens is 576 g/mol. The summed E-state index contributed by atoms with van der Waals surface area (Å²) in [6.07, 6.45) is 4.23. The lowest BCUT2D eigenvalue weighted by molar-refractivity contribution is -0.0907. The van der Waals surface area contributed by atoms with Crippen LogP contribution in [0.1, 0.15) is 31.2 Å². The van der Waals surface area contributed by atoms with Crippen molar-refractivity contribution in [1.29, 1.82) is 0 Å². The van der Waals surface area contributed by atoms with Crippen LogP contribution in [0.25, 0.3) is 0 Å². The SMILES string of the molecule is COc1ccc2c(c1)OC/C=C\CCCCN(C[C@@H](O)[C@H](Cc1ccccc1)NC(=O)O[C@H]1CO[C@H]3OCC[C@H]31)S2(=O)=O. The van der Waals surface area contributed by atoms with Crippen LogP contribution in [0.2, 0.25) is 0 Å². The van der Waals surface area contributed by atoms with E-state index in [1.165, 1.54) is 17.5 Å². The molecule has 2 aromatic rings. The van der Waals surface area contributed by atoms with E-state index in [0.717, 1.165) is 24.8 Å². The van der Waals surface area contributed by atoms with E-state index in [4.69, 9.17) is 23.7 Å². The minimum atomic E-state index is -4.10. The van der Waals surface area contributed by atoms with Crippen molar-refractivity contribution in [2.24, 2.45) is 5.92 Å². The molecule has 0 aromatic heterocycles. The zero-order valence-electron chi connectivity index (χ0n) is 24.3. The molecule has 2 fully saturated rings. The number of alkyl carbamates (subject to hydrolysis) is 1. The summed E-state index contributed by atoms with van der Waals surface area (Å²) in [4.78, 5) is 13.1. The second kappa shape index (κ2) is 14.5. The smallest absolute Gasteiger partial charge is 0.407 e. The molecule has 5 rings (SSSR count). The summed E-state index contributed by atoms with van der Waals surface area (Å²) in [5.41, 5.74) is 0.870. The minimum Gasteiger partial charge on any atom is -0.497 e. The second-order valence-electron chi connectivity index (χ2n) is 10.9. The van der Waals surface area contributed by atoms with Gasteiger partial charge < -0.3 is 34.1 Å². The van der Waals surface area contributed by atoms with Crippen molar-refractivity contribution in [3.63, 3.8) is 0 Å². The molecule has 3 aliphatic heterocycles. The fourth-order valence-electron chi connectivity index (χ4n) is 5.62. The molecule has 1 amide bonds. The van der Waals surface area contributed by atoms with Gasteiger partial charge in [-0.15, -0.1) is 0 Å². The minimum absolute atomic E-state index is 0.0176. The average molecular weight is 617 g/mol. The number of rotatable bonds is 8. The molecule has 5 atom stereocenters. The number of benzene rings is 2.